The molecule has 0 aliphatic carbocycles. The first-order chi connectivity index (χ1) is 15.6. The van der Waals surface area contributed by atoms with Gasteiger partial charge in [-0.2, -0.15) is 0 Å². The Morgan fingerprint density at radius 2 is 1.82 bits per heavy atom. The van der Waals surface area contributed by atoms with Gasteiger partial charge in [0.25, 0.3) is 5.91 Å². The van der Waals surface area contributed by atoms with E-state index in [0.717, 1.165) is 5.56 Å². The maximum absolute atomic E-state index is 13.6. The quantitative estimate of drug-likeness (QED) is 0.582. The highest BCUT2D eigenvalue weighted by molar-refractivity contribution is 6.16. The first-order valence-electron chi connectivity index (χ1n) is 10.2. The third-order valence-corrected chi connectivity index (χ3v) is 5.37. The second-order valence-electron chi connectivity index (χ2n) is 7.92. The normalized spacial score (nSPS) is 16.8. The molecule has 1 unspecified atom stereocenters. The molecule has 3 N–H and O–H groups in total. The van der Waals surface area contributed by atoms with E-state index in [9.17, 15) is 28.7 Å². The molecule has 0 saturated heterocycles. The van der Waals surface area contributed by atoms with E-state index in [1.54, 1.807) is 43.3 Å². The second kappa shape index (κ2) is 9.64. The summed E-state index contributed by atoms with van der Waals surface area (Å²) in [5.41, 5.74) is 2.73. The molecule has 3 rings (SSSR count). The number of Topliss-reactive ketones (excluding diaryl/α,β-unsaturated/α-hetero) is 1. The number of urea groups is 1. The number of aliphatic carboxylic acids is 1. The fourth-order valence-electron chi connectivity index (χ4n) is 3.61. The lowest BCUT2D eigenvalue weighted by molar-refractivity contribution is -0.138. The van der Waals surface area contributed by atoms with Crippen molar-refractivity contribution in [2.45, 2.75) is 32.4 Å². The number of aryl methyl sites for hydroxylation is 1. The minimum absolute atomic E-state index is 0.312. The number of carboxylic acid groups (broad SMARTS) is 1. The van der Waals surface area contributed by atoms with Crippen LogP contribution in [0.1, 0.15) is 30.5 Å². The van der Waals surface area contributed by atoms with Crippen LogP contribution < -0.4 is 10.6 Å². The number of hydrogen-bond donors (Lipinski definition) is 3. The Balaban J connectivity index is 1.83. The van der Waals surface area contributed by atoms with Crippen molar-refractivity contribution >= 4 is 23.7 Å². The molecular formula is C24H24FN3O5. The summed E-state index contributed by atoms with van der Waals surface area (Å²) in [6.07, 6.45) is 0.960. The van der Waals surface area contributed by atoms with Crippen LogP contribution in [-0.2, 0) is 14.4 Å². The van der Waals surface area contributed by atoms with Crippen molar-refractivity contribution in [3.8, 4) is 11.1 Å². The number of ketones is 1. The number of benzene rings is 2. The van der Waals surface area contributed by atoms with Crippen LogP contribution in [0.2, 0.25) is 0 Å². The predicted octanol–water partition coefficient (Wildman–Crippen LogP) is 2.93. The van der Waals surface area contributed by atoms with Crippen molar-refractivity contribution in [1.29, 1.82) is 0 Å². The fourth-order valence-corrected chi connectivity index (χ4v) is 3.61. The molecule has 1 heterocycles. The molecule has 0 aromatic heterocycles. The van der Waals surface area contributed by atoms with Gasteiger partial charge in [-0.25, -0.2) is 9.18 Å². The van der Waals surface area contributed by atoms with Gasteiger partial charge in [0.2, 0.25) is 0 Å². The average molecular weight is 453 g/mol. The Morgan fingerprint density at radius 1 is 1.12 bits per heavy atom. The molecule has 33 heavy (non-hydrogen) atoms. The predicted molar refractivity (Wildman–Crippen MR) is 119 cm³/mol. The van der Waals surface area contributed by atoms with Crippen LogP contribution >= 0.6 is 0 Å². The van der Waals surface area contributed by atoms with Crippen molar-refractivity contribution in [2.75, 3.05) is 7.05 Å². The third-order valence-electron chi connectivity index (χ3n) is 5.37. The zero-order chi connectivity index (χ0) is 24.3. The molecule has 1 aliphatic heterocycles. The topological polar surface area (TPSA) is 116 Å². The third kappa shape index (κ3) is 5.43. The lowest BCUT2D eigenvalue weighted by atomic mass is 9.97. The monoisotopic (exact) mass is 453 g/mol. The van der Waals surface area contributed by atoms with Gasteiger partial charge in [0.05, 0.1) is 12.5 Å². The highest BCUT2D eigenvalue weighted by Crippen LogP contribution is 2.26. The van der Waals surface area contributed by atoms with Crippen LogP contribution in [0.25, 0.3) is 11.1 Å². The van der Waals surface area contributed by atoms with Crippen LogP contribution in [0.3, 0.4) is 0 Å². The van der Waals surface area contributed by atoms with E-state index >= 15 is 0 Å². The summed E-state index contributed by atoms with van der Waals surface area (Å²) in [7, 11) is 1.47. The van der Waals surface area contributed by atoms with Gasteiger partial charge in [-0.15, -0.1) is 0 Å². The number of hydrogen-bond acceptors (Lipinski definition) is 4. The SMILES string of the molecule is CC1=CN(C)C(=O)C(NC(=O)N[C@@H](CC(=O)O)c2cccc(-c3ccc(F)c(C)c3)c2)C1=O. The van der Waals surface area contributed by atoms with Gasteiger partial charge in [-0.05, 0) is 54.3 Å². The van der Waals surface area contributed by atoms with Gasteiger partial charge in [-0.3, -0.25) is 14.4 Å². The molecule has 2 aromatic carbocycles. The van der Waals surface area contributed by atoms with E-state index in [1.165, 1.54) is 31.1 Å². The van der Waals surface area contributed by atoms with E-state index < -0.39 is 42.2 Å². The first-order valence-corrected chi connectivity index (χ1v) is 10.2. The van der Waals surface area contributed by atoms with Crippen molar-refractivity contribution in [2.24, 2.45) is 0 Å². The van der Waals surface area contributed by atoms with Gasteiger partial charge in [0, 0.05) is 18.8 Å². The average Bonchev–Trinajstić information content (AvgIpc) is 2.76. The van der Waals surface area contributed by atoms with Crippen molar-refractivity contribution in [3.05, 3.63) is 71.2 Å². The molecule has 9 heteroatoms. The maximum Gasteiger partial charge on any atom is 0.316 e. The summed E-state index contributed by atoms with van der Waals surface area (Å²) in [6.45, 7) is 3.18. The Morgan fingerprint density at radius 3 is 2.48 bits per heavy atom. The van der Waals surface area contributed by atoms with E-state index in [-0.39, 0.29) is 5.82 Å². The number of nitrogens with zero attached hydrogens (tertiary/aromatic N) is 1. The first kappa shape index (κ1) is 23.6. The van der Waals surface area contributed by atoms with Gasteiger partial charge >= 0.3 is 12.0 Å². The van der Waals surface area contributed by atoms with Crippen LogP contribution in [-0.4, -0.2) is 46.8 Å². The summed E-state index contributed by atoms with van der Waals surface area (Å²) in [6, 6.07) is 8.32. The largest absolute Gasteiger partial charge is 0.481 e. The van der Waals surface area contributed by atoms with Crippen LogP contribution in [0.4, 0.5) is 9.18 Å². The number of carbonyl (C=O) groups is 4. The summed E-state index contributed by atoms with van der Waals surface area (Å²) in [4.78, 5) is 49.9. The van der Waals surface area contributed by atoms with Gasteiger partial charge < -0.3 is 20.6 Å². The minimum Gasteiger partial charge on any atom is -0.481 e. The Hall–Kier alpha value is -4.01. The molecule has 0 saturated carbocycles. The van der Waals surface area contributed by atoms with Crippen molar-refractivity contribution in [1.82, 2.24) is 15.5 Å². The molecule has 0 fully saturated rings. The number of rotatable bonds is 6. The Bertz CT molecular complexity index is 1160. The van der Waals surface area contributed by atoms with Gasteiger partial charge in [0.15, 0.2) is 11.8 Å². The molecular weight excluding hydrogens is 429 g/mol. The second-order valence-corrected chi connectivity index (χ2v) is 7.92. The smallest absolute Gasteiger partial charge is 0.316 e. The molecule has 2 aromatic rings. The minimum atomic E-state index is -1.39. The molecule has 3 amide bonds. The van der Waals surface area contributed by atoms with E-state index in [0.29, 0.717) is 22.3 Å². The number of amides is 3. The van der Waals surface area contributed by atoms with E-state index in [2.05, 4.69) is 10.6 Å². The van der Waals surface area contributed by atoms with Crippen LogP contribution in [0, 0.1) is 12.7 Å². The molecule has 172 valence electrons. The lowest BCUT2D eigenvalue weighted by Crippen LogP contribution is -2.56. The van der Waals surface area contributed by atoms with E-state index in [1.807, 2.05) is 0 Å². The number of carbonyl (C=O) groups excluding carboxylic acids is 3. The molecule has 0 radical (unpaired) electrons. The van der Waals surface area contributed by atoms with Crippen LogP contribution in [0.5, 0.6) is 0 Å². The summed E-state index contributed by atoms with van der Waals surface area (Å²) >= 11 is 0. The number of likely N-dealkylation sites (N-methyl/N-ethyl adjacent to an activating group) is 1. The highest BCUT2D eigenvalue weighted by atomic mass is 19.1. The standard InChI is InChI=1S/C24H24FN3O5/c1-13-9-16(7-8-18(13)25)15-5-4-6-17(10-15)19(11-20(29)30)26-24(33)27-21-22(31)14(2)12-28(3)23(21)32/h4-10,12,19,21H,11H2,1-3H3,(H,29,30)(H2,26,27,33)/t19-,21?/m0/s1. The maximum atomic E-state index is 13.6. The van der Waals surface area contributed by atoms with Gasteiger partial charge in [0.1, 0.15) is 5.82 Å². The summed E-state index contributed by atoms with van der Waals surface area (Å²) in [5.74, 6) is -2.60. The molecule has 0 spiro atoms. The molecule has 0 bridgehead atoms. The molecule has 8 nitrogen and oxygen atoms in total. The summed E-state index contributed by atoms with van der Waals surface area (Å²) < 4.78 is 13.6. The summed E-state index contributed by atoms with van der Waals surface area (Å²) in [5, 5.41) is 14.2. The lowest BCUT2D eigenvalue weighted by Gasteiger charge is -2.27. The Kier molecular flexibility index (Phi) is 6.91. The van der Waals surface area contributed by atoms with Crippen molar-refractivity contribution in [3.63, 3.8) is 0 Å². The molecule has 2 atom stereocenters. The van der Waals surface area contributed by atoms with E-state index in [4.69, 9.17) is 0 Å². The zero-order valence-corrected chi connectivity index (χ0v) is 18.4. The Labute approximate surface area is 190 Å². The van der Waals surface area contributed by atoms with Gasteiger partial charge in [-0.1, -0.05) is 24.3 Å². The number of carboxylic acids is 1. The fraction of sp³-hybridized carbons (Fsp3) is 0.250. The highest BCUT2D eigenvalue weighted by Gasteiger charge is 2.35. The van der Waals surface area contributed by atoms with Crippen molar-refractivity contribution < 1.29 is 28.7 Å². The zero-order valence-electron chi connectivity index (χ0n) is 18.4. The number of halogens is 1. The van der Waals surface area contributed by atoms with Crippen LogP contribution in [0.15, 0.2) is 54.2 Å². The molecule has 1 aliphatic rings. The number of nitrogens with one attached hydrogen (secondary N) is 2.